The number of nitrogen functional groups attached to an aromatic ring is 1. The molecule has 10 heteroatoms. The molecule has 2 aromatic carbocycles. The van der Waals surface area contributed by atoms with Gasteiger partial charge in [-0.1, -0.05) is 17.3 Å². The van der Waals surface area contributed by atoms with E-state index < -0.39 is 10.9 Å². The number of carbonyl (C=O) groups is 1. The fourth-order valence-electron chi connectivity index (χ4n) is 2.31. The number of nitrogens with zero attached hydrogens (tertiary/aromatic N) is 3. The normalized spacial score (nSPS) is 10.4. The van der Waals surface area contributed by atoms with Crippen LogP contribution in [-0.2, 0) is 11.3 Å². The standard InChI is InChI=1S/C17H14N4O6/c1-25-14-5-3-2-4-12(14)16-19-15(27-20-16)9-26-17(22)11-7-6-10(21(23)24)8-13(11)18/h2-8H,9,18H2,1H3. The van der Waals surface area contributed by atoms with Gasteiger partial charge in [0.25, 0.3) is 11.6 Å². The number of nitro groups is 1. The molecule has 2 N–H and O–H groups in total. The van der Waals surface area contributed by atoms with Crippen molar-refractivity contribution < 1.29 is 23.7 Å². The number of hydrogen-bond donors (Lipinski definition) is 1. The Hall–Kier alpha value is -3.95. The van der Waals surface area contributed by atoms with Crippen LogP contribution in [0.4, 0.5) is 11.4 Å². The molecule has 0 aliphatic heterocycles. The van der Waals surface area contributed by atoms with Gasteiger partial charge in [0.05, 0.1) is 28.8 Å². The lowest BCUT2D eigenvalue weighted by Gasteiger charge is -2.05. The number of anilines is 1. The van der Waals surface area contributed by atoms with Crippen molar-refractivity contribution in [3.63, 3.8) is 0 Å². The van der Waals surface area contributed by atoms with Gasteiger partial charge in [0.2, 0.25) is 5.82 Å². The predicted molar refractivity (Wildman–Crippen MR) is 92.9 cm³/mol. The third-order valence-electron chi connectivity index (χ3n) is 3.61. The molecule has 0 bridgehead atoms. The second-order valence-electron chi connectivity index (χ2n) is 5.32. The van der Waals surface area contributed by atoms with Crippen molar-refractivity contribution in [2.24, 2.45) is 0 Å². The van der Waals surface area contributed by atoms with E-state index in [4.69, 9.17) is 19.7 Å². The molecule has 0 unspecified atom stereocenters. The summed E-state index contributed by atoms with van der Waals surface area (Å²) >= 11 is 0. The zero-order valence-electron chi connectivity index (χ0n) is 14.1. The van der Waals surface area contributed by atoms with Crippen molar-refractivity contribution >= 4 is 17.3 Å². The Labute approximate surface area is 152 Å². The molecule has 0 spiro atoms. The van der Waals surface area contributed by atoms with Gasteiger partial charge in [-0.05, 0) is 18.2 Å². The number of methoxy groups -OCH3 is 1. The molecule has 1 heterocycles. The minimum atomic E-state index is -0.764. The number of nitrogens with two attached hydrogens (primary N) is 1. The molecular formula is C17H14N4O6. The largest absolute Gasteiger partial charge is 0.496 e. The van der Waals surface area contributed by atoms with Gasteiger partial charge in [-0.15, -0.1) is 0 Å². The van der Waals surface area contributed by atoms with E-state index in [1.165, 1.54) is 19.2 Å². The van der Waals surface area contributed by atoms with Gasteiger partial charge < -0.3 is 19.7 Å². The molecule has 0 aliphatic carbocycles. The predicted octanol–water partition coefficient (Wildman–Crippen LogP) is 2.59. The third-order valence-corrected chi connectivity index (χ3v) is 3.61. The molecule has 0 saturated carbocycles. The number of rotatable bonds is 6. The highest BCUT2D eigenvalue weighted by atomic mass is 16.6. The first-order valence-corrected chi connectivity index (χ1v) is 7.66. The van der Waals surface area contributed by atoms with E-state index in [2.05, 4.69) is 10.1 Å². The van der Waals surface area contributed by atoms with E-state index >= 15 is 0 Å². The van der Waals surface area contributed by atoms with E-state index in [0.29, 0.717) is 11.3 Å². The smallest absolute Gasteiger partial charge is 0.340 e. The Kier molecular flexibility index (Phi) is 4.97. The number of para-hydroxylation sites is 1. The third kappa shape index (κ3) is 3.84. The number of ether oxygens (including phenoxy) is 2. The summed E-state index contributed by atoms with van der Waals surface area (Å²) in [6.07, 6.45) is 0. The van der Waals surface area contributed by atoms with Gasteiger partial charge in [0.15, 0.2) is 6.61 Å². The maximum atomic E-state index is 12.1. The molecule has 1 aromatic heterocycles. The summed E-state index contributed by atoms with van der Waals surface area (Å²) < 4.78 is 15.4. The lowest BCUT2D eigenvalue weighted by Crippen LogP contribution is -2.09. The van der Waals surface area contributed by atoms with E-state index in [1.807, 2.05) is 0 Å². The topological polar surface area (TPSA) is 144 Å². The summed E-state index contributed by atoms with van der Waals surface area (Å²) in [6.45, 7) is -0.280. The lowest BCUT2D eigenvalue weighted by molar-refractivity contribution is -0.384. The first-order chi connectivity index (χ1) is 13.0. The zero-order valence-corrected chi connectivity index (χ0v) is 14.1. The first-order valence-electron chi connectivity index (χ1n) is 7.66. The Balaban J connectivity index is 1.70. The summed E-state index contributed by atoms with van der Waals surface area (Å²) in [5, 5.41) is 14.5. The molecule has 3 rings (SSSR count). The van der Waals surface area contributed by atoms with Gasteiger partial charge in [0, 0.05) is 12.1 Å². The van der Waals surface area contributed by atoms with Crippen molar-refractivity contribution in [2.75, 3.05) is 12.8 Å². The average Bonchev–Trinajstić information content (AvgIpc) is 3.14. The molecular weight excluding hydrogens is 356 g/mol. The van der Waals surface area contributed by atoms with Gasteiger partial charge in [-0.3, -0.25) is 10.1 Å². The highest BCUT2D eigenvalue weighted by Gasteiger charge is 2.18. The molecule has 0 amide bonds. The van der Waals surface area contributed by atoms with Crippen LogP contribution in [0, 0.1) is 10.1 Å². The van der Waals surface area contributed by atoms with Crippen LogP contribution in [0.15, 0.2) is 47.0 Å². The van der Waals surface area contributed by atoms with Gasteiger partial charge in [-0.25, -0.2) is 4.79 Å². The molecule has 10 nitrogen and oxygen atoms in total. The number of nitro benzene ring substituents is 1. The molecule has 0 atom stereocenters. The van der Waals surface area contributed by atoms with Crippen molar-refractivity contribution in [1.29, 1.82) is 0 Å². The van der Waals surface area contributed by atoms with Crippen molar-refractivity contribution in [3.05, 3.63) is 64.0 Å². The van der Waals surface area contributed by atoms with Crippen LogP contribution in [0.5, 0.6) is 5.75 Å². The van der Waals surface area contributed by atoms with E-state index in [9.17, 15) is 14.9 Å². The summed E-state index contributed by atoms with van der Waals surface area (Å²) in [6, 6.07) is 10.6. The van der Waals surface area contributed by atoms with Crippen LogP contribution >= 0.6 is 0 Å². The van der Waals surface area contributed by atoms with Gasteiger partial charge in [-0.2, -0.15) is 4.98 Å². The number of carbonyl (C=O) groups excluding carboxylic acids is 1. The minimum absolute atomic E-state index is 0.00469. The van der Waals surface area contributed by atoms with Crippen molar-refractivity contribution in [2.45, 2.75) is 6.61 Å². The lowest BCUT2D eigenvalue weighted by atomic mass is 10.1. The summed E-state index contributed by atoms with van der Waals surface area (Å²) in [7, 11) is 1.52. The number of esters is 1. The van der Waals surface area contributed by atoms with Crippen LogP contribution in [-0.4, -0.2) is 28.1 Å². The average molecular weight is 370 g/mol. The van der Waals surface area contributed by atoms with Crippen LogP contribution in [0.25, 0.3) is 11.4 Å². The first kappa shape index (κ1) is 17.9. The fraction of sp³-hybridized carbons (Fsp3) is 0.118. The van der Waals surface area contributed by atoms with Gasteiger partial charge in [0.1, 0.15) is 5.75 Å². The highest BCUT2D eigenvalue weighted by Crippen LogP contribution is 2.27. The van der Waals surface area contributed by atoms with Crippen molar-refractivity contribution in [1.82, 2.24) is 10.1 Å². The summed E-state index contributed by atoms with van der Waals surface area (Å²) in [5.74, 6) is 0.165. The minimum Gasteiger partial charge on any atom is -0.496 e. The van der Waals surface area contributed by atoms with Crippen LogP contribution in [0.3, 0.4) is 0 Å². The SMILES string of the molecule is COc1ccccc1-c1noc(COC(=O)c2ccc([N+](=O)[O-])cc2N)n1. The second kappa shape index (κ2) is 7.52. The molecule has 0 fully saturated rings. The highest BCUT2D eigenvalue weighted by molar-refractivity contribution is 5.95. The number of benzene rings is 2. The second-order valence-corrected chi connectivity index (χ2v) is 5.32. The zero-order chi connectivity index (χ0) is 19.4. The fourth-order valence-corrected chi connectivity index (χ4v) is 2.31. The van der Waals surface area contributed by atoms with Gasteiger partial charge >= 0.3 is 5.97 Å². The molecule has 0 saturated heterocycles. The van der Waals surface area contributed by atoms with Crippen molar-refractivity contribution in [3.8, 4) is 17.1 Å². The Morgan fingerprint density at radius 3 is 2.78 bits per heavy atom. The summed E-state index contributed by atoms with van der Waals surface area (Å²) in [5.41, 5.74) is 6.02. The molecule has 0 aliphatic rings. The molecule has 3 aromatic rings. The number of aromatic nitrogens is 2. The maximum absolute atomic E-state index is 12.1. The monoisotopic (exact) mass is 370 g/mol. The van der Waals surface area contributed by atoms with E-state index in [0.717, 1.165) is 6.07 Å². The van der Waals surface area contributed by atoms with Crippen LogP contribution in [0.2, 0.25) is 0 Å². The molecule has 0 radical (unpaired) electrons. The Bertz CT molecular complexity index is 1000. The number of non-ortho nitro benzene ring substituents is 1. The molecule has 138 valence electrons. The van der Waals surface area contributed by atoms with E-state index in [-0.39, 0.29) is 35.3 Å². The number of hydrogen-bond acceptors (Lipinski definition) is 9. The Morgan fingerprint density at radius 2 is 2.07 bits per heavy atom. The molecule has 27 heavy (non-hydrogen) atoms. The van der Waals surface area contributed by atoms with Crippen LogP contribution < -0.4 is 10.5 Å². The van der Waals surface area contributed by atoms with Crippen LogP contribution in [0.1, 0.15) is 16.2 Å². The van der Waals surface area contributed by atoms with E-state index in [1.54, 1.807) is 24.3 Å². The Morgan fingerprint density at radius 1 is 1.30 bits per heavy atom. The quantitative estimate of drug-likeness (QED) is 0.299. The summed E-state index contributed by atoms with van der Waals surface area (Å²) in [4.78, 5) is 26.4. The maximum Gasteiger partial charge on any atom is 0.340 e.